The van der Waals surface area contributed by atoms with E-state index in [1.807, 2.05) is 41.3 Å². The number of fused-ring (bicyclic) bond motifs is 5. The van der Waals surface area contributed by atoms with Gasteiger partial charge in [-0.2, -0.15) is 0 Å². The number of carbonyl (C=O) groups is 3. The number of imide groups is 1. The van der Waals surface area contributed by atoms with Crippen LogP contribution in [0, 0.1) is 22.0 Å². The van der Waals surface area contributed by atoms with E-state index in [2.05, 4.69) is 6.92 Å². The number of Topliss-reactive ketones (excluding diaryl/α,β-unsaturated/α-hetero) is 1. The first-order chi connectivity index (χ1) is 19.4. The number of rotatable bonds is 8. The highest BCUT2D eigenvalue weighted by molar-refractivity contribution is 6.25. The summed E-state index contributed by atoms with van der Waals surface area (Å²) in [5.41, 5.74) is 1.94. The smallest absolute Gasteiger partial charge is 0.270 e. The highest BCUT2D eigenvalue weighted by Gasteiger charge is 2.64. The summed E-state index contributed by atoms with van der Waals surface area (Å²) < 4.78 is 5.72. The van der Waals surface area contributed by atoms with E-state index in [-0.39, 0.29) is 17.2 Å². The van der Waals surface area contributed by atoms with E-state index in [1.165, 1.54) is 29.2 Å². The van der Waals surface area contributed by atoms with E-state index >= 15 is 0 Å². The zero-order chi connectivity index (χ0) is 28.0. The quantitative estimate of drug-likeness (QED) is 0.130. The van der Waals surface area contributed by atoms with Crippen LogP contribution in [-0.4, -0.2) is 41.2 Å². The summed E-state index contributed by atoms with van der Waals surface area (Å²) in [6.45, 7) is 2.65. The van der Waals surface area contributed by atoms with Crippen molar-refractivity contribution < 1.29 is 24.0 Å². The van der Waals surface area contributed by atoms with E-state index in [9.17, 15) is 24.5 Å². The topological polar surface area (TPSA) is 110 Å². The molecule has 6 rings (SSSR count). The maximum Gasteiger partial charge on any atom is 0.270 e. The van der Waals surface area contributed by atoms with Gasteiger partial charge in [-0.05, 0) is 42.3 Å². The fourth-order valence-electron chi connectivity index (χ4n) is 6.04. The SMILES string of the molecule is CCCCOc1ccc(N2C(=O)[C@@H]3[C@H](C2=O)[C@H](C(=O)c2cccc([N+](=O)[O-])c2)N2c4ccccc4C=C[C@H]32)cc1. The molecule has 9 heteroatoms. The average Bonchev–Trinajstić information content (AvgIpc) is 3.45. The summed E-state index contributed by atoms with van der Waals surface area (Å²) in [4.78, 5) is 55.9. The monoisotopic (exact) mass is 537 g/mol. The van der Waals surface area contributed by atoms with Crippen LogP contribution in [0.1, 0.15) is 35.7 Å². The molecule has 0 aromatic heterocycles. The van der Waals surface area contributed by atoms with Crippen molar-refractivity contribution >= 4 is 40.7 Å². The molecule has 2 saturated heterocycles. The summed E-state index contributed by atoms with van der Waals surface area (Å²) in [5, 5.41) is 11.4. The lowest BCUT2D eigenvalue weighted by molar-refractivity contribution is -0.384. The molecule has 40 heavy (non-hydrogen) atoms. The Hall–Kier alpha value is -4.79. The fraction of sp³-hybridized carbons (Fsp3) is 0.258. The minimum absolute atomic E-state index is 0.123. The molecular weight excluding hydrogens is 510 g/mol. The third-order valence-electron chi connectivity index (χ3n) is 7.89. The number of amides is 2. The van der Waals surface area contributed by atoms with Crippen LogP contribution in [0.15, 0.2) is 78.9 Å². The van der Waals surface area contributed by atoms with Crippen molar-refractivity contribution in [3.8, 4) is 5.75 Å². The van der Waals surface area contributed by atoms with E-state index in [0.29, 0.717) is 18.0 Å². The Balaban J connectivity index is 1.40. The maximum absolute atomic E-state index is 14.1. The van der Waals surface area contributed by atoms with Crippen molar-refractivity contribution in [2.45, 2.75) is 31.8 Å². The van der Waals surface area contributed by atoms with Crippen LogP contribution in [-0.2, 0) is 9.59 Å². The number of carbonyl (C=O) groups excluding carboxylic acids is 3. The summed E-state index contributed by atoms with van der Waals surface area (Å²) in [7, 11) is 0. The number of anilines is 2. The predicted octanol–water partition coefficient (Wildman–Crippen LogP) is 5.05. The van der Waals surface area contributed by atoms with Crippen LogP contribution in [0.2, 0.25) is 0 Å². The Morgan fingerprint density at radius 3 is 2.48 bits per heavy atom. The van der Waals surface area contributed by atoms with Crippen LogP contribution >= 0.6 is 0 Å². The van der Waals surface area contributed by atoms with Crippen molar-refractivity contribution in [2.24, 2.45) is 11.8 Å². The number of non-ortho nitro benzene ring substituents is 1. The van der Waals surface area contributed by atoms with Crippen molar-refractivity contribution in [1.29, 1.82) is 0 Å². The molecule has 3 aromatic rings. The molecule has 3 aromatic carbocycles. The van der Waals surface area contributed by atoms with Crippen LogP contribution in [0.25, 0.3) is 6.08 Å². The first kappa shape index (κ1) is 25.5. The number of ether oxygens (including phenoxy) is 1. The number of hydrogen-bond donors (Lipinski definition) is 0. The third kappa shape index (κ3) is 4.05. The van der Waals surface area contributed by atoms with Gasteiger partial charge in [-0.3, -0.25) is 24.5 Å². The molecular formula is C31H27N3O6. The second-order valence-electron chi connectivity index (χ2n) is 10.2. The van der Waals surface area contributed by atoms with Gasteiger partial charge in [0.1, 0.15) is 11.8 Å². The lowest BCUT2D eigenvalue weighted by atomic mass is 9.86. The van der Waals surface area contributed by atoms with Crippen LogP contribution in [0.3, 0.4) is 0 Å². The van der Waals surface area contributed by atoms with Crippen molar-refractivity contribution in [1.82, 2.24) is 0 Å². The summed E-state index contributed by atoms with van der Waals surface area (Å²) in [6, 6.07) is 18.3. The van der Waals surface area contributed by atoms with Gasteiger partial charge in [-0.25, -0.2) is 4.90 Å². The fourth-order valence-corrected chi connectivity index (χ4v) is 6.04. The Morgan fingerprint density at radius 2 is 1.73 bits per heavy atom. The largest absolute Gasteiger partial charge is 0.494 e. The first-order valence-electron chi connectivity index (χ1n) is 13.4. The molecule has 3 aliphatic heterocycles. The Kier molecular flexibility index (Phi) is 6.42. The van der Waals surface area contributed by atoms with E-state index in [4.69, 9.17) is 4.74 Å². The molecule has 3 heterocycles. The molecule has 0 unspecified atom stereocenters. The van der Waals surface area contributed by atoms with Gasteiger partial charge in [0.05, 0.1) is 35.1 Å². The number of nitro groups is 1. The molecule has 4 atom stereocenters. The summed E-state index contributed by atoms with van der Waals surface area (Å²) in [6.07, 6.45) is 5.71. The van der Waals surface area contributed by atoms with Gasteiger partial charge in [0.25, 0.3) is 5.69 Å². The standard InChI is InChI=1S/C31H27N3O6/c1-2-3-17-40-23-14-12-21(13-15-23)32-30(36)26-25-16-11-19-7-4-5-10-24(19)33(25)28(27(26)31(32)37)29(35)20-8-6-9-22(18-20)34(38)39/h4-16,18,25-28H,2-3,17H2,1H3/t25-,26+,27+,28-/m1/s1. The molecule has 0 radical (unpaired) electrons. The molecule has 0 bridgehead atoms. The Morgan fingerprint density at radius 1 is 0.975 bits per heavy atom. The van der Waals surface area contributed by atoms with Gasteiger partial charge in [0, 0.05) is 23.4 Å². The Labute approximate surface area is 230 Å². The molecule has 9 nitrogen and oxygen atoms in total. The zero-order valence-corrected chi connectivity index (χ0v) is 21.8. The number of nitrogens with zero attached hydrogens (tertiary/aromatic N) is 3. The summed E-state index contributed by atoms with van der Waals surface area (Å²) >= 11 is 0. The number of para-hydroxylation sites is 1. The summed E-state index contributed by atoms with van der Waals surface area (Å²) in [5.74, 6) is -2.37. The molecule has 2 amide bonds. The van der Waals surface area contributed by atoms with Gasteiger partial charge >= 0.3 is 0 Å². The minimum Gasteiger partial charge on any atom is -0.494 e. The second-order valence-corrected chi connectivity index (χ2v) is 10.2. The molecule has 0 aliphatic carbocycles. The van der Waals surface area contributed by atoms with Crippen molar-refractivity contribution in [3.63, 3.8) is 0 Å². The normalized spacial score (nSPS) is 22.6. The van der Waals surface area contributed by atoms with Gasteiger partial charge in [-0.15, -0.1) is 0 Å². The maximum atomic E-state index is 14.1. The molecule has 0 spiro atoms. The minimum atomic E-state index is -1.01. The Bertz CT molecular complexity index is 1550. The van der Waals surface area contributed by atoms with Crippen LogP contribution in [0.4, 0.5) is 17.1 Å². The number of nitro benzene ring substituents is 1. The van der Waals surface area contributed by atoms with E-state index < -0.39 is 40.5 Å². The van der Waals surface area contributed by atoms with Crippen molar-refractivity contribution in [2.75, 3.05) is 16.4 Å². The molecule has 202 valence electrons. The van der Waals surface area contributed by atoms with Gasteiger partial charge in [-0.1, -0.05) is 55.8 Å². The number of unbranched alkanes of at least 4 members (excludes halogenated alkanes) is 1. The van der Waals surface area contributed by atoms with E-state index in [0.717, 1.165) is 24.1 Å². The average molecular weight is 538 g/mol. The predicted molar refractivity (Wildman–Crippen MR) is 149 cm³/mol. The second kappa shape index (κ2) is 10.1. The van der Waals surface area contributed by atoms with E-state index in [1.54, 1.807) is 24.3 Å². The first-order valence-corrected chi connectivity index (χ1v) is 13.4. The van der Waals surface area contributed by atoms with Gasteiger partial charge < -0.3 is 9.64 Å². The van der Waals surface area contributed by atoms with Gasteiger partial charge in [0.15, 0.2) is 5.78 Å². The highest BCUT2D eigenvalue weighted by atomic mass is 16.6. The third-order valence-corrected chi connectivity index (χ3v) is 7.89. The lowest BCUT2D eigenvalue weighted by Gasteiger charge is -2.36. The molecule has 2 fully saturated rings. The number of hydrogen-bond acceptors (Lipinski definition) is 7. The highest BCUT2D eigenvalue weighted by Crippen LogP contribution is 2.50. The molecule has 3 aliphatic rings. The van der Waals surface area contributed by atoms with Crippen LogP contribution in [0.5, 0.6) is 5.75 Å². The van der Waals surface area contributed by atoms with Crippen LogP contribution < -0.4 is 14.5 Å². The zero-order valence-electron chi connectivity index (χ0n) is 21.8. The number of benzene rings is 3. The lowest BCUT2D eigenvalue weighted by Crippen LogP contribution is -2.48. The van der Waals surface area contributed by atoms with Crippen molar-refractivity contribution in [3.05, 3.63) is 100 Å². The molecule has 0 saturated carbocycles. The molecule has 0 N–H and O–H groups in total. The number of ketones is 1. The van der Waals surface area contributed by atoms with Gasteiger partial charge in [0.2, 0.25) is 11.8 Å².